The van der Waals surface area contributed by atoms with Gasteiger partial charge < -0.3 is 4.74 Å². The number of alkyl halides is 1. The third-order valence-electron chi connectivity index (χ3n) is 5.35. The van der Waals surface area contributed by atoms with Crippen LogP contribution in [-0.4, -0.2) is 17.1 Å². The minimum Gasteiger partial charge on any atom is -0.372 e. The molecule has 0 amide bonds. The minimum absolute atomic E-state index is 0.0855. The van der Waals surface area contributed by atoms with Gasteiger partial charge in [0.1, 0.15) is 0 Å². The second kappa shape index (κ2) is 5.56. The van der Waals surface area contributed by atoms with Crippen LogP contribution in [0.3, 0.4) is 0 Å². The van der Waals surface area contributed by atoms with Crippen molar-refractivity contribution >= 4 is 11.6 Å². The number of hydrogen-bond acceptors (Lipinski definition) is 1. The molecule has 0 radical (unpaired) electrons. The Morgan fingerprint density at radius 1 is 1.21 bits per heavy atom. The van der Waals surface area contributed by atoms with E-state index in [-0.39, 0.29) is 5.60 Å². The molecule has 1 aliphatic carbocycles. The van der Waals surface area contributed by atoms with Gasteiger partial charge in [-0.3, -0.25) is 0 Å². The Labute approximate surface area is 124 Å². The van der Waals surface area contributed by atoms with Gasteiger partial charge in [-0.2, -0.15) is 0 Å². The van der Waals surface area contributed by atoms with Crippen LogP contribution in [0, 0.1) is 17.3 Å². The molecule has 0 spiro atoms. The van der Waals surface area contributed by atoms with Gasteiger partial charge in [0, 0.05) is 5.38 Å². The molecule has 112 valence electrons. The molecular formula is C17H31ClO. The van der Waals surface area contributed by atoms with Crippen molar-refractivity contribution in [1.29, 1.82) is 0 Å². The first-order valence-corrected chi connectivity index (χ1v) is 8.45. The van der Waals surface area contributed by atoms with Crippen LogP contribution in [0.15, 0.2) is 0 Å². The van der Waals surface area contributed by atoms with E-state index >= 15 is 0 Å². The van der Waals surface area contributed by atoms with Gasteiger partial charge in [0.2, 0.25) is 0 Å². The van der Waals surface area contributed by atoms with Gasteiger partial charge in [0.15, 0.2) is 0 Å². The zero-order valence-electron chi connectivity index (χ0n) is 13.3. The van der Waals surface area contributed by atoms with Gasteiger partial charge in [0.05, 0.1) is 11.7 Å². The van der Waals surface area contributed by atoms with Crippen molar-refractivity contribution in [2.45, 2.75) is 90.2 Å². The fraction of sp³-hybridized carbons (Fsp3) is 1.00. The van der Waals surface area contributed by atoms with Crippen LogP contribution in [0.4, 0.5) is 0 Å². The monoisotopic (exact) mass is 286 g/mol. The van der Waals surface area contributed by atoms with Crippen molar-refractivity contribution in [1.82, 2.24) is 0 Å². The van der Waals surface area contributed by atoms with Gasteiger partial charge in [-0.05, 0) is 63.2 Å². The molecule has 4 atom stereocenters. The SMILES string of the molecule is CC1CCC(C(C)(C)CC2CCC(C)(C)O2)C(Cl)C1. The summed E-state index contributed by atoms with van der Waals surface area (Å²) in [7, 11) is 0. The average molecular weight is 287 g/mol. The molecule has 0 aromatic heterocycles. The van der Waals surface area contributed by atoms with Crippen LogP contribution in [-0.2, 0) is 4.74 Å². The van der Waals surface area contributed by atoms with Crippen LogP contribution >= 0.6 is 11.6 Å². The molecule has 1 saturated carbocycles. The summed E-state index contributed by atoms with van der Waals surface area (Å²) in [5, 5.41) is 0.355. The third kappa shape index (κ3) is 3.88. The van der Waals surface area contributed by atoms with Crippen molar-refractivity contribution in [2.24, 2.45) is 17.3 Å². The number of halogens is 1. The molecular weight excluding hydrogens is 256 g/mol. The molecule has 2 aliphatic rings. The summed E-state index contributed by atoms with van der Waals surface area (Å²) in [6.45, 7) is 11.6. The quantitative estimate of drug-likeness (QED) is 0.631. The maximum absolute atomic E-state index is 6.66. The molecule has 2 fully saturated rings. The lowest BCUT2D eigenvalue weighted by Crippen LogP contribution is -2.38. The highest BCUT2D eigenvalue weighted by atomic mass is 35.5. The molecule has 2 rings (SSSR count). The van der Waals surface area contributed by atoms with Gasteiger partial charge in [-0.1, -0.05) is 27.2 Å². The van der Waals surface area contributed by atoms with E-state index in [9.17, 15) is 0 Å². The van der Waals surface area contributed by atoms with Gasteiger partial charge >= 0.3 is 0 Å². The zero-order valence-corrected chi connectivity index (χ0v) is 14.1. The first kappa shape index (κ1) is 15.6. The first-order valence-electron chi connectivity index (χ1n) is 8.01. The van der Waals surface area contributed by atoms with Crippen molar-refractivity contribution in [3.8, 4) is 0 Å². The van der Waals surface area contributed by atoms with E-state index in [1.165, 1.54) is 38.5 Å². The van der Waals surface area contributed by atoms with Crippen molar-refractivity contribution in [3.05, 3.63) is 0 Å². The summed E-state index contributed by atoms with van der Waals surface area (Å²) in [4.78, 5) is 0. The van der Waals surface area contributed by atoms with Crippen LogP contribution in [0.1, 0.15) is 73.1 Å². The summed E-state index contributed by atoms with van der Waals surface area (Å²) < 4.78 is 6.19. The molecule has 1 nitrogen and oxygen atoms in total. The summed E-state index contributed by atoms with van der Waals surface area (Å²) >= 11 is 6.66. The van der Waals surface area contributed by atoms with Crippen LogP contribution < -0.4 is 0 Å². The molecule has 1 aliphatic heterocycles. The maximum atomic E-state index is 6.66. The Hall–Kier alpha value is 0.250. The summed E-state index contributed by atoms with van der Waals surface area (Å²) in [5.74, 6) is 1.45. The highest BCUT2D eigenvalue weighted by molar-refractivity contribution is 6.20. The number of rotatable bonds is 3. The maximum Gasteiger partial charge on any atom is 0.0631 e. The smallest absolute Gasteiger partial charge is 0.0631 e. The minimum atomic E-state index is 0.0855. The van der Waals surface area contributed by atoms with E-state index in [2.05, 4.69) is 34.6 Å². The highest BCUT2D eigenvalue weighted by Crippen LogP contribution is 2.47. The Kier molecular flexibility index (Phi) is 4.58. The predicted octanol–water partition coefficient (Wildman–Crippen LogP) is 5.40. The van der Waals surface area contributed by atoms with E-state index in [1.54, 1.807) is 0 Å². The number of ether oxygens (including phenoxy) is 1. The van der Waals surface area contributed by atoms with E-state index < -0.39 is 0 Å². The normalized spacial score (nSPS) is 39.5. The largest absolute Gasteiger partial charge is 0.372 e. The van der Waals surface area contributed by atoms with Gasteiger partial charge in [0.25, 0.3) is 0 Å². The lowest BCUT2D eigenvalue weighted by Gasteiger charge is -2.43. The molecule has 0 N–H and O–H groups in total. The van der Waals surface area contributed by atoms with E-state index in [0.717, 1.165) is 5.92 Å². The molecule has 2 heteroatoms. The Morgan fingerprint density at radius 2 is 1.89 bits per heavy atom. The zero-order chi connectivity index (χ0) is 14.3. The second-order valence-electron chi connectivity index (χ2n) is 8.27. The molecule has 0 aromatic rings. The summed E-state index contributed by atoms with van der Waals surface area (Å²) in [6, 6.07) is 0. The Morgan fingerprint density at radius 3 is 2.42 bits per heavy atom. The lowest BCUT2D eigenvalue weighted by molar-refractivity contribution is -0.0418. The fourth-order valence-corrected chi connectivity index (χ4v) is 4.92. The molecule has 1 heterocycles. The molecule has 4 unspecified atom stereocenters. The van der Waals surface area contributed by atoms with Gasteiger partial charge in [-0.25, -0.2) is 0 Å². The summed E-state index contributed by atoms with van der Waals surface area (Å²) in [6.07, 6.45) is 7.83. The fourth-order valence-electron chi connectivity index (χ4n) is 4.15. The highest BCUT2D eigenvalue weighted by Gasteiger charge is 2.42. The second-order valence-corrected chi connectivity index (χ2v) is 8.83. The van der Waals surface area contributed by atoms with Crippen LogP contribution in [0.5, 0.6) is 0 Å². The lowest BCUT2D eigenvalue weighted by atomic mass is 9.66. The molecule has 1 saturated heterocycles. The molecule has 0 bridgehead atoms. The van der Waals surface area contributed by atoms with Gasteiger partial charge in [-0.15, -0.1) is 11.6 Å². The predicted molar refractivity (Wildman–Crippen MR) is 82.7 cm³/mol. The Balaban J connectivity index is 1.94. The van der Waals surface area contributed by atoms with E-state index in [4.69, 9.17) is 16.3 Å². The van der Waals surface area contributed by atoms with Crippen LogP contribution in [0.2, 0.25) is 0 Å². The Bertz CT molecular complexity index is 310. The summed E-state index contributed by atoms with van der Waals surface area (Å²) in [5.41, 5.74) is 0.389. The molecule has 0 aromatic carbocycles. The van der Waals surface area contributed by atoms with Crippen molar-refractivity contribution < 1.29 is 4.74 Å². The van der Waals surface area contributed by atoms with Crippen molar-refractivity contribution in [3.63, 3.8) is 0 Å². The topological polar surface area (TPSA) is 9.23 Å². The van der Waals surface area contributed by atoms with Crippen LogP contribution in [0.25, 0.3) is 0 Å². The standard InChI is InChI=1S/C17H31ClO/c1-12-6-7-14(15(18)10-12)16(2,3)11-13-8-9-17(4,5)19-13/h12-15H,6-11H2,1-5H3. The number of hydrogen-bond donors (Lipinski definition) is 0. The third-order valence-corrected chi connectivity index (χ3v) is 5.83. The molecule has 19 heavy (non-hydrogen) atoms. The first-order chi connectivity index (χ1) is 8.70. The van der Waals surface area contributed by atoms with E-state index in [0.29, 0.717) is 22.8 Å². The van der Waals surface area contributed by atoms with Crippen molar-refractivity contribution in [2.75, 3.05) is 0 Å². The average Bonchev–Trinajstić information content (AvgIpc) is 2.56. The van der Waals surface area contributed by atoms with E-state index in [1.807, 2.05) is 0 Å².